The Morgan fingerprint density at radius 1 is 1.32 bits per heavy atom. The van der Waals surface area contributed by atoms with Crippen molar-refractivity contribution in [3.63, 3.8) is 0 Å². The van der Waals surface area contributed by atoms with E-state index in [1.807, 2.05) is 25.7 Å². The lowest BCUT2D eigenvalue weighted by Gasteiger charge is -2.31. The summed E-state index contributed by atoms with van der Waals surface area (Å²) in [4.78, 5) is 36.0. The first-order valence-electron chi connectivity index (χ1n) is 6.63. The zero-order chi connectivity index (χ0) is 14.5. The van der Waals surface area contributed by atoms with Gasteiger partial charge in [-0.3, -0.25) is 15.0 Å². The molecule has 6 heteroatoms. The van der Waals surface area contributed by atoms with Gasteiger partial charge in [-0.1, -0.05) is 6.42 Å². The SMILES string of the molecule is CC(C)(C)NC(=O)NC(=O)CN1CCCCC1C=O. The summed E-state index contributed by atoms with van der Waals surface area (Å²) in [5.74, 6) is -0.379. The molecule has 0 aromatic rings. The molecule has 1 heterocycles. The van der Waals surface area contributed by atoms with Crippen molar-refractivity contribution in [2.24, 2.45) is 0 Å². The predicted octanol–water partition coefficient (Wildman–Crippen LogP) is 0.664. The number of rotatable bonds is 3. The smallest absolute Gasteiger partial charge is 0.321 e. The first kappa shape index (κ1) is 15.6. The van der Waals surface area contributed by atoms with Crippen molar-refractivity contribution in [2.45, 2.75) is 51.6 Å². The summed E-state index contributed by atoms with van der Waals surface area (Å²) >= 11 is 0. The number of carbonyl (C=O) groups is 3. The van der Waals surface area contributed by atoms with Gasteiger partial charge in [-0.25, -0.2) is 4.79 Å². The number of piperidine rings is 1. The van der Waals surface area contributed by atoms with Crippen molar-refractivity contribution in [2.75, 3.05) is 13.1 Å². The number of carbonyl (C=O) groups excluding carboxylic acids is 3. The van der Waals surface area contributed by atoms with Crippen LogP contribution in [0.4, 0.5) is 4.79 Å². The van der Waals surface area contributed by atoms with Crippen LogP contribution in [0.5, 0.6) is 0 Å². The number of aldehydes is 1. The van der Waals surface area contributed by atoms with Gasteiger partial charge in [0, 0.05) is 5.54 Å². The third-order valence-corrected chi connectivity index (χ3v) is 2.91. The third-order valence-electron chi connectivity index (χ3n) is 2.91. The third kappa shape index (κ3) is 5.83. The molecule has 0 bridgehead atoms. The van der Waals surface area contributed by atoms with E-state index in [-0.39, 0.29) is 24.0 Å². The maximum Gasteiger partial charge on any atom is 0.321 e. The zero-order valence-electron chi connectivity index (χ0n) is 11.9. The summed E-state index contributed by atoms with van der Waals surface area (Å²) in [6, 6.07) is -0.706. The van der Waals surface area contributed by atoms with Crippen LogP contribution in [0.2, 0.25) is 0 Å². The number of urea groups is 1. The molecule has 0 aromatic carbocycles. The molecule has 1 aliphatic rings. The largest absolute Gasteiger partial charge is 0.333 e. The molecule has 1 rings (SSSR count). The van der Waals surface area contributed by atoms with Gasteiger partial charge in [0.1, 0.15) is 6.29 Å². The number of amides is 3. The molecule has 1 fully saturated rings. The molecular formula is C13H23N3O3. The molecule has 1 atom stereocenters. The minimum Gasteiger partial charge on any atom is -0.333 e. The minimum atomic E-state index is -0.503. The van der Waals surface area contributed by atoms with Gasteiger partial charge in [0.05, 0.1) is 12.6 Å². The number of imide groups is 1. The lowest BCUT2D eigenvalue weighted by atomic mass is 10.0. The molecule has 0 saturated carbocycles. The van der Waals surface area contributed by atoms with E-state index >= 15 is 0 Å². The molecule has 0 aromatic heterocycles. The Bertz CT molecular complexity index is 350. The fourth-order valence-electron chi connectivity index (χ4n) is 2.09. The first-order valence-corrected chi connectivity index (χ1v) is 6.63. The number of likely N-dealkylation sites (tertiary alicyclic amines) is 1. The Kier molecular flexibility index (Phi) is 5.47. The second-order valence-electron chi connectivity index (χ2n) is 5.92. The summed E-state index contributed by atoms with van der Waals surface area (Å²) in [5.41, 5.74) is -0.388. The molecule has 0 spiro atoms. The molecule has 0 aliphatic carbocycles. The average Bonchev–Trinajstić information content (AvgIpc) is 2.26. The predicted molar refractivity (Wildman–Crippen MR) is 71.7 cm³/mol. The summed E-state index contributed by atoms with van der Waals surface area (Å²) in [5, 5.41) is 4.94. The van der Waals surface area contributed by atoms with Gasteiger partial charge >= 0.3 is 6.03 Å². The van der Waals surface area contributed by atoms with E-state index in [4.69, 9.17) is 0 Å². The van der Waals surface area contributed by atoms with Crippen LogP contribution in [0, 0.1) is 0 Å². The van der Waals surface area contributed by atoms with Crippen LogP contribution < -0.4 is 10.6 Å². The fourth-order valence-corrected chi connectivity index (χ4v) is 2.09. The van der Waals surface area contributed by atoms with E-state index in [0.717, 1.165) is 32.1 Å². The molecule has 108 valence electrons. The molecule has 3 amide bonds. The Labute approximate surface area is 113 Å². The first-order chi connectivity index (χ1) is 8.81. The molecular weight excluding hydrogens is 246 g/mol. The number of hydrogen-bond donors (Lipinski definition) is 2. The highest BCUT2D eigenvalue weighted by atomic mass is 16.2. The Balaban J connectivity index is 2.41. The van der Waals surface area contributed by atoms with Gasteiger partial charge < -0.3 is 10.1 Å². The molecule has 19 heavy (non-hydrogen) atoms. The molecule has 0 radical (unpaired) electrons. The summed E-state index contributed by atoms with van der Waals surface area (Å²) in [6.45, 7) is 6.32. The van der Waals surface area contributed by atoms with Crippen molar-refractivity contribution in [1.82, 2.24) is 15.5 Å². The molecule has 2 N–H and O–H groups in total. The van der Waals surface area contributed by atoms with E-state index in [2.05, 4.69) is 10.6 Å². The second kappa shape index (κ2) is 6.65. The standard InChI is InChI=1S/C13H23N3O3/c1-13(2,3)15-12(19)14-11(18)8-16-7-5-4-6-10(16)9-17/h9-10H,4-8H2,1-3H3,(H2,14,15,18,19). The second-order valence-corrected chi connectivity index (χ2v) is 5.92. The zero-order valence-corrected chi connectivity index (χ0v) is 11.9. The van der Waals surface area contributed by atoms with Crippen molar-refractivity contribution in [1.29, 1.82) is 0 Å². The molecule has 6 nitrogen and oxygen atoms in total. The highest BCUT2D eigenvalue weighted by molar-refractivity contribution is 5.95. The maximum absolute atomic E-state index is 11.7. The lowest BCUT2D eigenvalue weighted by Crippen LogP contribution is -2.52. The van der Waals surface area contributed by atoms with E-state index in [9.17, 15) is 14.4 Å². The quantitative estimate of drug-likeness (QED) is 0.738. The normalized spacial score (nSPS) is 20.7. The summed E-state index contributed by atoms with van der Waals surface area (Å²) in [6.07, 6.45) is 3.64. The van der Waals surface area contributed by atoms with Gasteiger partial charge in [0.2, 0.25) is 5.91 Å². The number of nitrogens with zero attached hydrogens (tertiary/aromatic N) is 1. The van der Waals surface area contributed by atoms with E-state index in [1.165, 1.54) is 0 Å². The molecule has 1 saturated heterocycles. The number of nitrogens with one attached hydrogen (secondary N) is 2. The fraction of sp³-hybridized carbons (Fsp3) is 0.769. The van der Waals surface area contributed by atoms with Gasteiger partial charge in [0.15, 0.2) is 0 Å². The van der Waals surface area contributed by atoms with Crippen LogP contribution in [0.3, 0.4) is 0 Å². The van der Waals surface area contributed by atoms with Crippen LogP contribution in [0.25, 0.3) is 0 Å². The van der Waals surface area contributed by atoms with Gasteiger partial charge in [-0.2, -0.15) is 0 Å². The van der Waals surface area contributed by atoms with Crippen LogP contribution in [0.15, 0.2) is 0 Å². The Hall–Kier alpha value is -1.43. The van der Waals surface area contributed by atoms with Crippen molar-refractivity contribution >= 4 is 18.2 Å². The molecule has 1 unspecified atom stereocenters. The van der Waals surface area contributed by atoms with Crippen LogP contribution >= 0.6 is 0 Å². The van der Waals surface area contributed by atoms with Crippen molar-refractivity contribution < 1.29 is 14.4 Å². The van der Waals surface area contributed by atoms with E-state index in [0.29, 0.717) is 0 Å². The highest BCUT2D eigenvalue weighted by Gasteiger charge is 2.24. The van der Waals surface area contributed by atoms with Gasteiger partial charge in [-0.15, -0.1) is 0 Å². The maximum atomic E-state index is 11.7. The highest BCUT2D eigenvalue weighted by Crippen LogP contribution is 2.14. The lowest BCUT2D eigenvalue weighted by molar-refractivity contribution is -0.123. The Morgan fingerprint density at radius 3 is 2.58 bits per heavy atom. The van der Waals surface area contributed by atoms with Gasteiger partial charge in [0.25, 0.3) is 0 Å². The van der Waals surface area contributed by atoms with Crippen molar-refractivity contribution in [3.05, 3.63) is 0 Å². The van der Waals surface area contributed by atoms with Crippen LogP contribution in [-0.2, 0) is 9.59 Å². The van der Waals surface area contributed by atoms with Gasteiger partial charge in [-0.05, 0) is 40.2 Å². The van der Waals surface area contributed by atoms with Crippen LogP contribution in [0.1, 0.15) is 40.0 Å². The summed E-state index contributed by atoms with van der Waals surface area (Å²) in [7, 11) is 0. The van der Waals surface area contributed by atoms with E-state index in [1.54, 1.807) is 0 Å². The number of hydrogen-bond acceptors (Lipinski definition) is 4. The molecule has 1 aliphatic heterocycles. The topological polar surface area (TPSA) is 78.5 Å². The van der Waals surface area contributed by atoms with Crippen LogP contribution in [-0.4, -0.2) is 47.8 Å². The monoisotopic (exact) mass is 269 g/mol. The minimum absolute atomic E-state index is 0.0843. The Morgan fingerprint density at radius 2 is 2.00 bits per heavy atom. The van der Waals surface area contributed by atoms with Crippen molar-refractivity contribution in [3.8, 4) is 0 Å². The van der Waals surface area contributed by atoms with E-state index < -0.39 is 6.03 Å². The summed E-state index contributed by atoms with van der Waals surface area (Å²) < 4.78 is 0. The average molecular weight is 269 g/mol.